The molecule has 0 saturated carbocycles. The fourth-order valence-electron chi connectivity index (χ4n) is 0.755. The number of aliphatic hydroxyl groups excluding tert-OH is 3. The summed E-state index contributed by atoms with van der Waals surface area (Å²) in [6.45, 7) is 1.63. The van der Waals surface area contributed by atoms with Crippen molar-refractivity contribution in [2.45, 2.75) is 25.6 Å². The summed E-state index contributed by atoms with van der Waals surface area (Å²) in [5.41, 5.74) is 0. The molecule has 0 heterocycles. The van der Waals surface area contributed by atoms with Gasteiger partial charge in [-0.25, -0.2) is 0 Å². The van der Waals surface area contributed by atoms with Crippen LogP contribution in [0.2, 0.25) is 0 Å². The van der Waals surface area contributed by atoms with Crippen molar-refractivity contribution in [3.8, 4) is 0 Å². The van der Waals surface area contributed by atoms with Gasteiger partial charge in [-0.2, -0.15) is 0 Å². The van der Waals surface area contributed by atoms with E-state index in [9.17, 15) is 4.79 Å². The third kappa shape index (κ3) is 5.70. The summed E-state index contributed by atoms with van der Waals surface area (Å²) in [5, 5.41) is 26.4. The van der Waals surface area contributed by atoms with Crippen molar-refractivity contribution in [3.63, 3.8) is 0 Å². The number of hydrogen-bond acceptors (Lipinski definition) is 5. The Morgan fingerprint density at radius 1 is 1.46 bits per heavy atom. The van der Waals surface area contributed by atoms with Crippen molar-refractivity contribution in [3.05, 3.63) is 0 Å². The minimum atomic E-state index is -1.21. The minimum absolute atomic E-state index is 0.0620. The lowest BCUT2D eigenvalue weighted by atomic mass is 10.1. The van der Waals surface area contributed by atoms with Crippen LogP contribution in [0.1, 0.15) is 13.3 Å². The lowest BCUT2D eigenvalue weighted by Crippen LogP contribution is -2.30. The maximum Gasteiger partial charge on any atom is 0.166 e. The van der Waals surface area contributed by atoms with Gasteiger partial charge in [-0.3, -0.25) is 4.79 Å². The van der Waals surface area contributed by atoms with Gasteiger partial charge < -0.3 is 20.1 Å². The molecule has 5 heteroatoms. The molecular formula is C8H16O5. The molecule has 0 aliphatic heterocycles. The van der Waals surface area contributed by atoms with E-state index < -0.39 is 24.6 Å². The van der Waals surface area contributed by atoms with Crippen LogP contribution in [0.4, 0.5) is 0 Å². The van der Waals surface area contributed by atoms with Gasteiger partial charge in [0.05, 0.1) is 19.3 Å². The van der Waals surface area contributed by atoms with Crippen LogP contribution in [-0.4, -0.2) is 53.1 Å². The first-order valence-electron chi connectivity index (χ1n) is 4.19. The van der Waals surface area contributed by atoms with Gasteiger partial charge in [-0.15, -0.1) is 0 Å². The minimum Gasteiger partial charge on any atom is -0.394 e. The SMILES string of the molecule is CCOCC(O)C(=O)CC(O)CO. The Labute approximate surface area is 77.0 Å². The molecule has 0 radical (unpaired) electrons. The van der Waals surface area contributed by atoms with E-state index in [0.29, 0.717) is 6.61 Å². The molecule has 13 heavy (non-hydrogen) atoms. The van der Waals surface area contributed by atoms with Gasteiger partial charge in [-0.1, -0.05) is 0 Å². The molecule has 0 aromatic rings. The zero-order valence-corrected chi connectivity index (χ0v) is 7.64. The van der Waals surface area contributed by atoms with Gasteiger partial charge in [0, 0.05) is 13.0 Å². The standard InChI is InChI=1S/C8H16O5/c1-2-13-5-8(12)7(11)3-6(10)4-9/h6,8-10,12H,2-5H2,1H3. The van der Waals surface area contributed by atoms with E-state index in [2.05, 4.69) is 0 Å². The molecule has 2 unspecified atom stereocenters. The van der Waals surface area contributed by atoms with Crippen LogP contribution >= 0.6 is 0 Å². The van der Waals surface area contributed by atoms with Crippen LogP contribution in [0, 0.1) is 0 Å². The highest BCUT2D eigenvalue weighted by atomic mass is 16.5. The van der Waals surface area contributed by atoms with E-state index in [1.165, 1.54) is 0 Å². The number of ketones is 1. The van der Waals surface area contributed by atoms with Gasteiger partial charge >= 0.3 is 0 Å². The Morgan fingerprint density at radius 3 is 2.54 bits per heavy atom. The summed E-state index contributed by atoms with van der Waals surface area (Å²) in [4.78, 5) is 11.0. The summed E-state index contributed by atoms with van der Waals surface area (Å²) in [6.07, 6.45) is -2.55. The van der Waals surface area contributed by atoms with Crippen LogP contribution in [0.15, 0.2) is 0 Å². The Kier molecular flexibility index (Phi) is 6.70. The second-order valence-corrected chi connectivity index (χ2v) is 2.68. The van der Waals surface area contributed by atoms with E-state index in [0.717, 1.165) is 0 Å². The molecule has 5 nitrogen and oxygen atoms in total. The third-order valence-corrected chi connectivity index (χ3v) is 1.50. The van der Waals surface area contributed by atoms with Crippen molar-refractivity contribution in [2.75, 3.05) is 19.8 Å². The van der Waals surface area contributed by atoms with Gasteiger partial charge in [0.2, 0.25) is 0 Å². The van der Waals surface area contributed by atoms with Crippen LogP contribution in [0.5, 0.6) is 0 Å². The molecule has 0 bridgehead atoms. The second kappa shape index (κ2) is 6.97. The molecule has 0 fully saturated rings. The van der Waals surface area contributed by atoms with E-state index in [4.69, 9.17) is 20.1 Å². The van der Waals surface area contributed by atoms with Gasteiger partial charge in [0.15, 0.2) is 5.78 Å². The average molecular weight is 192 g/mol. The fourth-order valence-corrected chi connectivity index (χ4v) is 0.755. The second-order valence-electron chi connectivity index (χ2n) is 2.68. The molecule has 0 amide bonds. The number of aliphatic hydroxyl groups is 3. The first-order valence-corrected chi connectivity index (χ1v) is 4.19. The number of Topliss-reactive ketones (excluding diaryl/α,β-unsaturated/α-hetero) is 1. The normalized spacial score (nSPS) is 15.4. The predicted molar refractivity (Wildman–Crippen MR) is 45.2 cm³/mol. The number of ether oxygens (including phenoxy) is 1. The smallest absolute Gasteiger partial charge is 0.166 e. The molecule has 2 atom stereocenters. The molecule has 0 spiro atoms. The summed E-state index contributed by atoms with van der Waals surface area (Å²) in [6, 6.07) is 0. The zero-order valence-electron chi connectivity index (χ0n) is 7.64. The highest BCUT2D eigenvalue weighted by Crippen LogP contribution is 1.97. The highest BCUT2D eigenvalue weighted by molar-refractivity contribution is 5.83. The van der Waals surface area contributed by atoms with E-state index >= 15 is 0 Å². The molecule has 0 rings (SSSR count). The van der Waals surface area contributed by atoms with Gasteiger partial charge in [-0.05, 0) is 6.92 Å². The van der Waals surface area contributed by atoms with Crippen molar-refractivity contribution in [2.24, 2.45) is 0 Å². The molecule has 0 saturated heterocycles. The zero-order chi connectivity index (χ0) is 10.3. The van der Waals surface area contributed by atoms with Crippen molar-refractivity contribution in [1.29, 1.82) is 0 Å². The highest BCUT2D eigenvalue weighted by Gasteiger charge is 2.18. The van der Waals surface area contributed by atoms with E-state index in [-0.39, 0.29) is 13.0 Å². The largest absolute Gasteiger partial charge is 0.394 e. The summed E-state index contributed by atoms with van der Waals surface area (Å²) in [7, 11) is 0. The molecular weight excluding hydrogens is 176 g/mol. The number of rotatable bonds is 7. The van der Waals surface area contributed by atoms with Crippen molar-refractivity contribution in [1.82, 2.24) is 0 Å². The number of carbonyl (C=O) groups excluding carboxylic acids is 1. The number of carbonyl (C=O) groups is 1. The summed E-state index contributed by atoms with van der Waals surface area (Å²) < 4.78 is 4.82. The molecule has 0 aliphatic carbocycles. The Bertz CT molecular complexity index is 147. The van der Waals surface area contributed by atoms with Crippen LogP contribution in [0.3, 0.4) is 0 Å². The van der Waals surface area contributed by atoms with Crippen molar-refractivity contribution < 1.29 is 24.9 Å². The van der Waals surface area contributed by atoms with Gasteiger partial charge in [0.1, 0.15) is 6.10 Å². The Hall–Kier alpha value is -0.490. The Morgan fingerprint density at radius 2 is 2.08 bits per heavy atom. The van der Waals surface area contributed by atoms with E-state index in [1.54, 1.807) is 6.92 Å². The molecule has 3 N–H and O–H groups in total. The first kappa shape index (κ1) is 12.5. The first-order chi connectivity index (χ1) is 6.11. The summed E-state index contributed by atoms with van der Waals surface area (Å²) in [5.74, 6) is -0.519. The van der Waals surface area contributed by atoms with Crippen LogP contribution in [0.25, 0.3) is 0 Å². The molecule has 0 aromatic heterocycles. The molecule has 0 aliphatic rings. The van der Waals surface area contributed by atoms with E-state index in [1.807, 2.05) is 0 Å². The Balaban J connectivity index is 3.68. The van der Waals surface area contributed by atoms with Crippen LogP contribution in [-0.2, 0) is 9.53 Å². The maximum atomic E-state index is 11.0. The predicted octanol–water partition coefficient (Wildman–Crippen LogP) is -1.30. The lowest BCUT2D eigenvalue weighted by molar-refractivity contribution is -0.132. The summed E-state index contributed by atoms with van der Waals surface area (Å²) >= 11 is 0. The monoisotopic (exact) mass is 192 g/mol. The fraction of sp³-hybridized carbons (Fsp3) is 0.875. The molecule has 78 valence electrons. The molecule has 0 aromatic carbocycles. The average Bonchev–Trinajstić information content (AvgIpc) is 2.13. The van der Waals surface area contributed by atoms with Gasteiger partial charge in [0.25, 0.3) is 0 Å². The van der Waals surface area contributed by atoms with Crippen LogP contribution < -0.4 is 0 Å². The maximum absolute atomic E-state index is 11.0. The number of hydrogen-bond donors (Lipinski definition) is 3. The lowest BCUT2D eigenvalue weighted by Gasteiger charge is -2.11. The quantitative estimate of drug-likeness (QED) is 0.466. The topological polar surface area (TPSA) is 87.0 Å². The van der Waals surface area contributed by atoms with Crippen molar-refractivity contribution >= 4 is 5.78 Å². The third-order valence-electron chi connectivity index (χ3n) is 1.50.